The zero-order valence-electron chi connectivity index (χ0n) is 11.2. The van der Waals surface area contributed by atoms with Crippen LogP contribution in [0.15, 0.2) is 17.5 Å². The van der Waals surface area contributed by atoms with Crippen molar-refractivity contribution in [3.63, 3.8) is 0 Å². The summed E-state index contributed by atoms with van der Waals surface area (Å²) in [6.07, 6.45) is 2.50. The molecule has 1 saturated heterocycles. The molecule has 2 rings (SSSR count). The van der Waals surface area contributed by atoms with Gasteiger partial charge in [-0.1, -0.05) is 6.07 Å². The molecule has 0 spiro atoms. The fourth-order valence-corrected chi connectivity index (χ4v) is 3.24. The number of carbonyl (C=O) groups is 1. The standard InChI is InChI=1S/C14H21ClN2OS/c15-6-2-1-5-14(18)17-9-7-16(8-10-17)12-13-4-3-11-19-13/h3-4,11H,1-2,5-10,12H2. The second-order valence-electron chi connectivity index (χ2n) is 4.88. The van der Waals surface area contributed by atoms with Crippen LogP contribution in [0.25, 0.3) is 0 Å². The zero-order chi connectivity index (χ0) is 13.5. The molecule has 0 unspecified atom stereocenters. The van der Waals surface area contributed by atoms with Crippen molar-refractivity contribution >= 4 is 28.8 Å². The summed E-state index contributed by atoms with van der Waals surface area (Å²) in [5.41, 5.74) is 0. The summed E-state index contributed by atoms with van der Waals surface area (Å²) in [5.74, 6) is 0.947. The number of piperazine rings is 1. The Morgan fingerprint density at radius 2 is 2.05 bits per heavy atom. The molecule has 1 aliphatic rings. The van der Waals surface area contributed by atoms with E-state index in [9.17, 15) is 4.79 Å². The average molecular weight is 301 g/mol. The smallest absolute Gasteiger partial charge is 0.222 e. The lowest BCUT2D eigenvalue weighted by Gasteiger charge is -2.34. The van der Waals surface area contributed by atoms with Crippen molar-refractivity contribution in [3.8, 4) is 0 Å². The van der Waals surface area contributed by atoms with Crippen LogP contribution in [0.3, 0.4) is 0 Å². The minimum Gasteiger partial charge on any atom is -0.340 e. The molecule has 0 bridgehead atoms. The predicted molar refractivity (Wildman–Crippen MR) is 80.7 cm³/mol. The van der Waals surface area contributed by atoms with E-state index in [4.69, 9.17) is 11.6 Å². The first kappa shape index (κ1) is 14.8. The molecular formula is C14H21ClN2OS. The van der Waals surface area contributed by atoms with Gasteiger partial charge in [0.2, 0.25) is 5.91 Å². The summed E-state index contributed by atoms with van der Waals surface area (Å²) in [7, 11) is 0. The molecular weight excluding hydrogens is 280 g/mol. The number of hydrogen-bond acceptors (Lipinski definition) is 3. The summed E-state index contributed by atoms with van der Waals surface area (Å²) in [6, 6.07) is 4.27. The molecule has 0 saturated carbocycles. The van der Waals surface area contributed by atoms with Crippen molar-refractivity contribution < 1.29 is 4.79 Å². The Labute approximate surface area is 124 Å². The number of carbonyl (C=O) groups excluding carboxylic acids is 1. The molecule has 1 amide bonds. The van der Waals surface area contributed by atoms with E-state index in [0.29, 0.717) is 18.2 Å². The maximum Gasteiger partial charge on any atom is 0.222 e. The first-order chi connectivity index (χ1) is 9.29. The molecule has 0 radical (unpaired) electrons. The van der Waals surface area contributed by atoms with E-state index in [0.717, 1.165) is 45.6 Å². The molecule has 5 heteroatoms. The van der Waals surface area contributed by atoms with Gasteiger partial charge in [0.1, 0.15) is 0 Å². The van der Waals surface area contributed by atoms with E-state index >= 15 is 0 Å². The van der Waals surface area contributed by atoms with Gasteiger partial charge in [-0.2, -0.15) is 0 Å². The SMILES string of the molecule is O=C(CCCCCl)N1CCN(Cc2cccs2)CC1. The van der Waals surface area contributed by atoms with Gasteiger partial charge in [-0.15, -0.1) is 22.9 Å². The number of rotatable bonds is 6. The third-order valence-corrected chi connectivity index (χ3v) is 4.59. The fourth-order valence-electron chi connectivity index (χ4n) is 2.31. The van der Waals surface area contributed by atoms with Crippen LogP contribution in [0.2, 0.25) is 0 Å². The highest BCUT2D eigenvalue weighted by molar-refractivity contribution is 7.09. The molecule has 3 nitrogen and oxygen atoms in total. The van der Waals surface area contributed by atoms with Crippen LogP contribution in [0.4, 0.5) is 0 Å². The maximum atomic E-state index is 12.0. The number of nitrogens with zero attached hydrogens (tertiary/aromatic N) is 2. The van der Waals surface area contributed by atoms with Crippen molar-refractivity contribution in [2.75, 3.05) is 32.1 Å². The lowest BCUT2D eigenvalue weighted by molar-refractivity contribution is -0.133. The second kappa shape index (κ2) is 7.88. The van der Waals surface area contributed by atoms with Crippen LogP contribution in [0.5, 0.6) is 0 Å². The summed E-state index contributed by atoms with van der Waals surface area (Å²) >= 11 is 7.43. The maximum absolute atomic E-state index is 12.0. The van der Waals surface area contributed by atoms with Gasteiger partial charge in [0.15, 0.2) is 0 Å². The lowest BCUT2D eigenvalue weighted by atomic mass is 10.2. The number of amides is 1. The highest BCUT2D eigenvalue weighted by Crippen LogP contribution is 2.14. The van der Waals surface area contributed by atoms with Gasteiger partial charge in [-0.3, -0.25) is 9.69 Å². The van der Waals surface area contributed by atoms with Crippen molar-refractivity contribution in [1.82, 2.24) is 9.80 Å². The zero-order valence-corrected chi connectivity index (χ0v) is 12.8. The largest absolute Gasteiger partial charge is 0.340 e. The van der Waals surface area contributed by atoms with Crippen molar-refractivity contribution in [2.45, 2.75) is 25.8 Å². The molecule has 0 aliphatic carbocycles. The van der Waals surface area contributed by atoms with Crippen molar-refractivity contribution in [2.24, 2.45) is 0 Å². The van der Waals surface area contributed by atoms with Crippen LogP contribution in [-0.4, -0.2) is 47.8 Å². The van der Waals surface area contributed by atoms with Gasteiger partial charge in [0, 0.05) is 49.9 Å². The number of halogens is 1. The Balaban J connectivity index is 1.68. The number of alkyl halides is 1. The molecule has 1 aromatic rings. The summed E-state index contributed by atoms with van der Waals surface area (Å²) < 4.78 is 0. The number of hydrogen-bond donors (Lipinski definition) is 0. The first-order valence-corrected chi connectivity index (χ1v) is 8.29. The highest BCUT2D eigenvalue weighted by Gasteiger charge is 2.20. The molecule has 1 aliphatic heterocycles. The van der Waals surface area contributed by atoms with Crippen molar-refractivity contribution in [1.29, 1.82) is 0 Å². The van der Waals surface area contributed by atoms with Crippen LogP contribution in [-0.2, 0) is 11.3 Å². The summed E-state index contributed by atoms with van der Waals surface area (Å²) in [6.45, 7) is 4.72. The third-order valence-electron chi connectivity index (χ3n) is 3.46. The van der Waals surface area contributed by atoms with E-state index in [1.54, 1.807) is 11.3 Å². The minimum atomic E-state index is 0.292. The van der Waals surface area contributed by atoms with E-state index in [2.05, 4.69) is 22.4 Å². The van der Waals surface area contributed by atoms with Gasteiger partial charge in [0.05, 0.1) is 0 Å². The molecule has 19 heavy (non-hydrogen) atoms. The fraction of sp³-hybridized carbons (Fsp3) is 0.643. The van der Waals surface area contributed by atoms with Gasteiger partial charge in [-0.25, -0.2) is 0 Å². The van der Waals surface area contributed by atoms with E-state index in [-0.39, 0.29) is 0 Å². The summed E-state index contributed by atoms with van der Waals surface area (Å²) in [4.78, 5) is 17.8. The molecule has 2 heterocycles. The molecule has 0 atom stereocenters. The van der Waals surface area contributed by atoms with Gasteiger partial charge < -0.3 is 4.90 Å². The first-order valence-electron chi connectivity index (χ1n) is 6.88. The Morgan fingerprint density at radius 1 is 1.26 bits per heavy atom. The normalized spacial score (nSPS) is 16.8. The Kier molecular flexibility index (Phi) is 6.14. The monoisotopic (exact) mass is 300 g/mol. The van der Waals surface area contributed by atoms with E-state index in [1.165, 1.54) is 4.88 Å². The number of thiophene rings is 1. The summed E-state index contributed by atoms with van der Waals surface area (Å²) in [5, 5.41) is 2.12. The van der Waals surface area contributed by atoms with E-state index in [1.807, 2.05) is 4.90 Å². The molecule has 0 aromatic carbocycles. The van der Waals surface area contributed by atoms with Gasteiger partial charge in [-0.05, 0) is 24.3 Å². The molecule has 106 valence electrons. The Bertz CT molecular complexity index is 375. The number of unbranched alkanes of at least 4 members (excludes halogenated alkanes) is 1. The van der Waals surface area contributed by atoms with Crippen LogP contribution in [0.1, 0.15) is 24.1 Å². The van der Waals surface area contributed by atoms with Crippen LogP contribution >= 0.6 is 22.9 Å². The Hall–Kier alpha value is -0.580. The second-order valence-corrected chi connectivity index (χ2v) is 6.29. The van der Waals surface area contributed by atoms with Crippen LogP contribution < -0.4 is 0 Å². The van der Waals surface area contributed by atoms with E-state index < -0.39 is 0 Å². The average Bonchev–Trinajstić information content (AvgIpc) is 2.93. The molecule has 1 aromatic heterocycles. The van der Waals surface area contributed by atoms with Gasteiger partial charge >= 0.3 is 0 Å². The molecule has 1 fully saturated rings. The molecule has 0 N–H and O–H groups in total. The minimum absolute atomic E-state index is 0.292. The lowest BCUT2D eigenvalue weighted by Crippen LogP contribution is -2.48. The van der Waals surface area contributed by atoms with Crippen molar-refractivity contribution in [3.05, 3.63) is 22.4 Å². The van der Waals surface area contributed by atoms with Crippen LogP contribution in [0, 0.1) is 0 Å². The topological polar surface area (TPSA) is 23.6 Å². The quantitative estimate of drug-likeness (QED) is 0.596. The third kappa shape index (κ3) is 4.79. The predicted octanol–water partition coefficient (Wildman–Crippen LogP) is 2.80. The highest BCUT2D eigenvalue weighted by atomic mass is 35.5. The Morgan fingerprint density at radius 3 is 2.68 bits per heavy atom. The van der Waals surface area contributed by atoms with Gasteiger partial charge in [0.25, 0.3) is 0 Å².